The molecule has 8 heteroatoms. The van der Waals surface area contributed by atoms with E-state index in [1.807, 2.05) is 12.1 Å². The lowest BCUT2D eigenvalue weighted by atomic mass is 10.0. The molecule has 0 unspecified atom stereocenters. The normalized spacial score (nSPS) is 15.3. The quantitative estimate of drug-likeness (QED) is 0.671. The van der Waals surface area contributed by atoms with Crippen molar-refractivity contribution < 1.29 is 4.92 Å². The van der Waals surface area contributed by atoms with Gasteiger partial charge in [0.05, 0.1) is 16.9 Å². The van der Waals surface area contributed by atoms with E-state index in [1.165, 1.54) is 12.4 Å². The number of aromatic nitrogens is 1. The van der Waals surface area contributed by atoms with Crippen LogP contribution in [0, 0.1) is 10.1 Å². The first kappa shape index (κ1) is 15.4. The van der Waals surface area contributed by atoms with E-state index in [0.717, 1.165) is 16.5 Å². The number of hydrogen-bond donors (Lipinski definition) is 1. The number of rotatable bonds is 5. The fourth-order valence-electron chi connectivity index (χ4n) is 2.57. The molecule has 0 bridgehead atoms. The fourth-order valence-corrected chi connectivity index (χ4v) is 2.73. The maximum atomic E-state index is 11.2. The second kappa shape index (κ2) is 5.92. The number of halogens is 1. The van der Waals surface area contributed by atoms with Gasteiger partial charge in [-0.05, 0) is 36.6 Å². The Morgan fingerprint density at radius 2 is 2.00 bits per heavy atom. The number of pyridine rings is 1. The molecule has 1 aromatic carbocycles. The summed E-state index contributed by atoms with van der Waals surface area (Å²) in [5, 5.41) is 12.7. The van der Waals surface area contributed by atoms with Crippen molar-refractivity contribution in [1.82, 2.24) is 4.98 Å². The summed E-state index contributed by atoms with van der Waals surface area (Å²) in [6.07, 6.45) is 4.03. The Morgan fingerprint density at radius 1 is 1.26 bits per heavy atom. The Bertz CT molecular complexity index is 822. The van der Waals surface area contributed by atoms with Crippen molar-refractivity contribution >= 4 is 40.8 Å². The third kappa shape index (κ3) is 3.00. The molecule has 0 radical (unpaired) electrons. The number of anilines is 1. The first-order valence-electron chi connectivity index (χ1n) is 7.08. The van der Waals surface area contributed by atoms with Crippen LogP contribution in [0.1, 0.15) is 18.4 Å². The Kier molecular flexibility index (Phi) is 3.96. The average molecular weight is 332 g/mol. The van der Waals surface area contributed by atoms with E-state index in [4.69, 9.17) is 17.3 Å². The molecule has 0 aliphatic carbocycles. The summed E-state index contributed by atoms with van der Waals surface area (Å²) in [5.41, 5.74) is 7.55. The minimum atomic E-state index is -1.58. The molecular formula is C15H14ClN5O2. The Labute approximate surface area is 137 Å². The number of aryl methyl sites for hydroxylation is 1. The van der Waals surface area contributed by atoms with E-state index in [-0.39, 0.29) is 6.42 Å². The lowest BCUT2D eigenvalue weighted by molar-refractivity contribution is -0.566. The number of nitrogens with zero attached hydrogens (tertiary/aromatic N) is 4. The molecule has 2 aromatic rings. The molecule has 0 spiro atoms. The van der Waals surface area contributed by atoms with Crippen LogP contribution in [-0.4, -0.2) is 28.1 Å². The van der Waals surface area contributed by atoms with Crippen LogP contribution in [0.15, 0.2) is 34.3 Å². The van der Waals surface area contributed by atoms with Gasteiger partial charge in [-0.3, -0.25) is 10.1 Å². The molecule has 1 aliphatic heterocycles. The van der Waals surface area contributed by atoms with Gasteiger partial charge < -0.3 is 5.73 Å². The smallest absolute Gasteiger partial charge is 0.383 e. The van der Waals surface area contributed by atoms with Crippen LogP contribution in [-0.2, 0) is 6.42 Å². The Hall–Kier alpha value is -2.54. The fraction of sp³-hybridized carbons (Fsp3) is 0.267. The van der Waals surface area contributed by atoms with Crippen molar-refractivity contribution in [3.63, 3.8) is 0 Å². The van der Waals surface area contributed by atoms with E-state index in [2.05, 4.69) is 15.0 Å². The van der Waals surface area contributed by atoms with Crippen LogP contribution in [0.2, 0.25) is 5.02 Å². The summed E-state index contributed by atoms with van der Waals surface area (Å²) in [5.74, 6) is -1.17. The molecule has 7 nitrogen and oxygen atoms in total. The van der Waals surface area contributed by atoms with Gasteiger partial charge in [-0.2, -0.15) is 9.98 Å². The predicted molar refractivity (Wildman–Crippen MR) is 90.8 cm³/mol. The molecule has 0 amide bonds. The van der Waals surface area contributed by atoms with Crippen LogP contribution in [0.25, 0.3) is 10.9 Å². The van der Waals surface area contributed by atoms with Gasteiger partial charge >= 0.3 is 5.79 Å². The highest BCUT2D eigenvalue weighted by molar-refractivity contribution is 6.31. The second-order valence-electron chi connectivity index (χ2n) is 5.31. The van der Waals surface area contributed by atoms with Gasteiger partial charge in [0.2, 0.25) is 0 Å². The second-order valence-corrected chi connectivity index (χ2v) is 5.75. The number of nitro groups is 1. The van der Waals surface area contributed by atoms with Crippen LogP contribution >= 0.6 is 11.6 Å². The third-order valence-corrected chi connectivity index (χ3v) is 4.01. The first-order valence-corrected chi connectivity index (χ1v) is 7.46. The topological polar surface area (TPSA) is 107 Å². The van der Waals surface area contributed by atoms with E-state index < -0.39 is 10.7 Å². The Morgan fingerprint density at radius 3 is 2.70 bits per heavy atom. The van der Waals surface area contributed by atoms with Gasteiger partial charge in [0.15, 0.2) is 0 Å². The lowest BCUT2D eigenvalue weighted by Gasteiger charge is -2.14. The third-order valence-electron chi connectivity index (χ3n) is 3.77. The molecule has 2 heterocycles. The van der Waals surface area contributed by atoms with Crippen molar-refractivity contribution in [3.8, 4) is 0 Å². The maximum Gasteiger partial charge on any atom is 0.411 e. The molecule has 1 aromatic heterocycles. The Balaban J connectivity index is 1.76. The average Bonchev–Trinajstić information content (AvgIpc) is 2.98. The molecule has 2 N–H and O–H groups in total. The number of nitrogen functional groups attached to an aromatic ring is 1. The molecule has 1 aliphatic rings. The molecule has 0 saturated heterocycles. The SMILES string of the molecule is Nc1nc2cc(Cl)ccc2cc1CCCC1([N+](=O)[O-])N=CC=N1. The number of nitrogens with two attached hydrogens (primary N) is 1. The zero-order chi connectivity index (χ0) is 16.4. The molecule has 3 rings (SSSR count). The monoisotopic (exact) mass is 331 g/mol. The highest BCUT2D eigenvalue weighted by atomic mass is 35.5. The largest absolute Gasteiger partial charge is 0.411 e. The van der Waals surface area contributed by atoms with Crippen molar-refractivity contribution in [2.45, 2.75) is 25.0 Å². The van der Waals surface area contributed by atoms with E-state index in [0.29, 0.717) is 23.7 Å². The van der Waals surface area contributed by atoms with Gasteiger partial charge in [0, 0.05) is 22.8 Å². The van der Waals surface area contributed by atoms with Crippen LogP contribution in [0.4, 0.5) is 5.82 Å². The summed E-state index contributed by atoms with van der Waals surface area (Å²) >= 11 is 5.94. The van der Waals surface area contributed by atoms with E-state index >= 15 is 0 Å². The predicted octanol–water partition coefficient (Wildman–Crippen LogP) is 2.88. The summed E-state index contributed by atoms with van der Waals surface area (Å²) < 4.78 is 0. The highest BCUT2D eigenvalue weighted by Crippen LogP contribution is 2.26. The summed E-state index contributed by atoms with van der Waals surface area (Å²) in [6.45, 7) is 0. The van der Waals surface area contributed by atoms with Crippen LogP contribution in [0.5, 0.6) is 0 Å². The standard InChI is InChI=1S/C15H14ClN5O2/c16-12-4-3-10-8-11(14(17)20-13(10)9-12)2-1-5-15(21(22)23)18-6-7-19-15/h3-4,6-9H,1-2,5H2,(H2,17,20). The van der Waals surface area contributed by atoms with Crippen molar-refractivity contribution in [3.05, 3.63) is 45.0 Å². The van der Waals surface area contributed by atoms with Gasteiger partial charge in [0.1, 0.15) is 5.82 Å². The maximum absolute atomic E-state index is 11.2. The van der Waals surface area contributed by atoms with Crippen LogP contribution < -0.4 is 5.73 Å². The highest BCUT2D eigenvalue weighted by Gasteiger charge is 2.42. The van der Waals surface area contributed by atoms with Gasteiger partial charge in [-0.1, -0.05) is 17.7 Å². The van der Waals surface area contributed by atoms with Gasteiger partial charge in [-0.15, -0.1) is 0 Å². The minimum Gasteiger partial charge on any atom is -0.383 e. The van der Waals surface area contributed by atoms with Crippen molar-refractivity contribution in [1.29, 1.82) is 0 Å². The van der Waals surface area contributed by atoms with Gasteiger partial charge in [0.25, 0.3) is 0 Å². The zero-order valence-electron chi connectivity index (χ0n) is 12.1. The molecule has 118 valence electrons. The number of benzene rings is 1. The number of hydrogen-bond acceptors (Lipinski definition) is 6. The minimum absolute atomic E-state index is 0.213. The molecule has 0 fully saturated rings. The van der Waals surface area contributed by atoms with E-state index in [1.54, 1.807) is 12.1 Å². The zero-order valence-corrected chi connectivity index (χ0v) is 12.9. The molecular weight excluding hydrogens is 318 g/mol. The number of aliphatic imine (C=N–C) groups is 2. The molecule has 0 atom stereocenters. The van der Waals surface area contributed by atoms with Crippen molar-refractivity contribution in [2.24, 2.45) is 9.98 Å². The first-order chi connectivity index (χ1) is 11.0. The van der Waals surface area contributed by atoms with Crippen molar-refractivity contribution in [2.75, 3.05) is 5.73 Å². The number of fused-ring (bicyclic) bond motifs is 1. The lowest BCUT2D eigenvalue weighted by Crippen LogP contribution is -2.32. The summed E-state index contributed by atoms with van der Waals surface area (Å²) in [4.78, 5) is 22.8. The van der Waals surface area contributed by atoms with Gasteiger partial charge in [-0.25, -0.2) is 4.98 Å². The molecule has 0 saturated carbocycles. The van der Waals surface area contributed by atoms with E-state index in [9.17, 15) is 10.1 Å². The van der Waals surface area contributed by atoms with Crippen LogP contribution in [0.3, 0.4) is 0 Å². The summed E-state index contributed by atoms with van der Waals surface area (Å²) in [6, 6.07) is 7.35. The summed E-state index contributed by atoms with van der Waals surface area (Å²) in [7, 11) is 0. The molecule has 23 heavy (non-hydrogen) atoms.